The summed E-state index contributed by atoms with van der Waals surface area (Å²) in [5, 5.41) is 0. The van der Waals surface area contributed by atoms with E-state index in [0.29, 0.717) is 30.6 Å². The van der Waals surface area contributed by atoms with E-state index in [-0.39, 0.29) is 12.4 Å². The van der Waals surface area contributed by atoms with Crippen LogP contribution in [0.15, 0.2) is 11.3 Å². The number of ether oxygens (including phenoxy) is 1. The molecule has 0 saturated heterocycles. The van der Waals surface area contributed by atoms with E-state index in [0.717, 1.165) is 57.8 Å². The van der Waals surface area contributed by atoms with Gasteiger partial charge in [0.05, 0.1) is 12.0 Å². The molecule has 0 unspecified atom stereocenters. The van der Waals surface area contributed by atoms with Crippen molar-refractivity contribution in [2.75, 3.05) is 0 Å². The average Bonchev–Trinajstić information content (AvgIpc) is 3.04. The molecule has 0 spiro atoms. The predicted molar refractivity (Wildman–Crippen MR) is 187 cm³/mol. The lowest BCUT2D eigenvalue weighted by Crippen LogP contribution is -2.17. The molecule has 0 aromatic heterocycles. The largest absolute Gasteiger partial charge is 0.431 e. The Balaban J connectivity index is 4.75. The summed E-state index contributed by atoms with van der Waals surface area (Å²) in [6.45, 7) is 8.55. The molecule has 0 amide bonds. The number of carbonyl (C=O) groups is 3. The molecule has 0 fully saturated rings. The van der Waals surface area contributed by atoms with Crippen molar-refractivity contribution >= 4 is 17.9 Å². The summed E-state index contributed by atoms with van der Waals surface area (Å²) in [7, 11) is 0. The molecule has 6 nitrogen and oxygen atoms in total. The van der Waals surface area contributed by atoms with Crippen molar-refractivity contribution in [2.45, 2.75) is 220 Å². The van der Waals surface area contributed by atoms with E-state index in [1.807, 2.05) is 6.92 Å². The first-order valence-electron chi connectivity index (χ1n) is 19.3. The van der Waals surface area contributed by atoms with Gasteiger partial charge in [0.25, 0.3) is 0 Å². The van der Waals surface area contributed by atoms with Gasteiger partial charge >= 0.3 is 17.9 Å². The Kier molecular flexibility index (Phi) is 32.1. The summed E-state index contributed by atoms with van der Waals surface area (Å²) in [6.07, 6.45) is 31.5. The third-order valence-electron chi connectivity index (χ3n) is 8.60. The van der Waals surface area contributed by atoms with Gasteiger partial charge < -0.3 is 4.74 Å². The summed E-state index contributed by atoms with van der Waals surface area (Å²) in [4.78, 5) is 47.9. The minimum atomic E-state index is -0.717. The molecule has 0 bridgehead atoms. The molecule has 6 heteroatoms. The summed E-state index contributed by atoms with van der Waals surface area (Å²) in [6, 6.07) is 0. The zero-order chi connectivity index (χ0) is 33.2. The van der Waals surface area contributed by atoms with Crippen molar-refractivity contribution in [3.8, 4) is 0 Å². The topological polar surface area (TPSA) is 78.9 Å². The van der Waals surface area contributed by atoms with E-state index in [4.69, 9.17) is 14.5 Å². The third kappa shape index (κ3) is 28.1. The van der Waals surface area contributed by atoms with E-state index in [1.165, 1.54) is 109 Å². The lowest BCUT2D eigenvalue weighted by atomic mass is 10.0. The van der Waals surface area contributed by atoms with Crippen LogP contribution in [0.25, 0.3) is 0 Å². The Morgan fingerprint density at radius 3 is 1.09 bits per heavy atom. The van der Waals surface area contributed by atoms with Crippen LogP contribution in [-0.2, 0) is 28.9 Å². The second-order valence-electron chi connectivity index (χ2n) is 12.9. The minimum absolute atomic E-state index is 0.231. The molecule has 0 N–H and O–H groups in total. The number of hydrogen-bond donors (Lipinski definition) is 0. The molecule has 0 aliphatic rings. The Labute approximate surface area is 278 Å². The monoisotopic (exact) mass is 637 g/mol. The van der Waals surface area contributed by atoms with Crippen molar-refractivity contribution in [1.29, 1.82) is 0 Å². The van der Waals surface area contributed by atoms with Gasteiger partial charge in [-0.1, -0.05) is 175 Å². The zero-order valence-electron chi connectivity index (χ0n) is 30.2. The Hall–Kier alpha value is -1.85. The highest BCUT2D eigenvalue weighted by Crippen LogP contribution is 2.22. The maximum absolute atomic E-state index is 13.1. The highest BCUT2D eigenvalue weighted by molar-refractivity contribution is 5.89. The van der Waals surface area contributed by atoms with E-state index < -0.39 is 11.9 Å². The van der Waals surface area contributed by atoms with Crippen LogP contribution in [-0.4, -0.2) is 17.9 Å². The fourth-order valence-electron chi connectivity index (χ4n) is 5.66. The predicted octanol–water partition coefficient (Wildman–Crippen LogP) is 12.6. The molecule has 0 aliphatic heterocycles. The molecule has 264 valence electrons. The van der Waals surface area contributed by atoms with Gasteiger partial charge in [-0.15, -0.1) is 0 Å². The normalized spacial score (nSPS) is 11.7. The fraction of sp³-hybridized carbons (Fsp3) is 0.872. The fourth-order valence-corrected chi connectivity index (χ4v) is 5.66. The zero-order valence-corrected chi connectivity index (χ0v) is 30.2. The molecule has 0 atom stereocenters. The van der Waals surface area contributed by atoms with Gasteiger partial charge in [-0.05, 0) is 25.7 Å². The average molecular weight is 637 g/mol. The molecule has 0 saturated carbocycles. The first-order valence-corrected chi connectivity index (χ1v) is 19.3. The number of esters is 1. The summed E-state index contributed by atoms with van der Waals surface area (Å²) in [5.41, 5.74) is 0.319. The van der Waals surface area contributed by atoms with E-state index in [1.54, 1.807) is 0 Å². The van der Waals surface area contributed by atoms with Crippen LogP contribution in [0.1, 0.15) is 220 Å². The van der Waals surface area contributed by atoms with Gasteiger partial charge in [0.1, 0.15) is 5.76 Å². The van der Waals surface area contributed by atoms with Gasteiger partial charge in [-0.2, -0.15) is 0 Å². The van der Waals surface area contributed by atoms with Crippen molar-refractivity contribution in [3.05, 3.63) is 11.3 Å². The van der Waals surface area contributed by atoms with E-state index in [2.05, 4.69) is 20.8 Å². The van der Waals surface area contributed by atoms with Gasteiger partial charge in [0.2, 0.25) is 0 Å². The van der Waals surface area contributed by atoms with Crippen LogP contribution < -0.4 is 0 Å². The summed E-state index contributed by atoms with van der Waals surface area (Å²) >= 11 is 0. The van der Waals surface area contributed by atoms with Crippen LogP contribution in [0.3, 0.4) is 0 Å². The van der Waals surface area contributed by atoms with Crippen LogP contribution >= 0.6 is 0 Å². The molecule has 45 heavy (non-hydrogen) atoms. The Morgan fingerprint density at radius 2 is 0.711 bits per heavy atom. The molecular weight excluding hydrogens is 564 g/mol. The van der Waals surface area contributed by atoms with Crippen molar-refractivity contribution < 1.29 is 28.9 Å². The van der Waals surface area contributed by atoms with Gasteiger partial charge in [0.15, 0.2) is 0 Å². The van der Waals surface area contributed by atoms with Crippen molar-refractivity contribution in [3.63, 3.8) is 0 Å². The van der Waals surface area contributed by atoms with Crippen LogP contribution in [0.5, 0.6) is 0 Å². The van der Waals surface area contributed by atoms with Crippen LogP contribution in [0.4, 0.5) is 0 Å². The molecule has 0 rings (SSSR count). The smallest absolute Gasteiger partial charge is 0.385 e. The number of allylic oxidation sites excluding steroid dienone is 1. The molecule has 0 heterocycles. The van der Waals surface area contributed by atoms with Gasteiger partial charge in [-0.3, -0.25) is 4.79 Å². The Bertz CT molecular complexity index is 744. The minimum Gasteiger partial charge on any atom is -0.431 e. The standard InChI is InChI=1S/C39H72O6/c1-5-9-12-15-18-21-24-27-30-33-37(40)43-36(8-4)35(32-29-26-23-20-17-14-11-7-3)39(42)45-44-38(41)34-31-28-25-22-19-16-13-10-6-2/h5-34H2,1-4H3/b36-35-. The van der Waals surface area contributed by atoms with Crippen molar-refractivity contribution in [1.82, 2.24) is 0 Å². The van der Waals surface area contributed by atoms with Crippen LogP contribution in [0, 0.1) is 0 Å². The maximum atomic E-state index is 13.1. The third-order valence-corrected chi connectivity index (χ3v) is 8.60. The quantitative estimate of drug-likeness (QED) is 0.0182. The molecule has 0 aromatic carbocycles. The SMILES string of the molecule is CCCCCCCCCCCC(=O)OOC(=O)/C(CCCCCCCCCC)=C(/CC)OC(=O)CCCCCCCCCCC. The highest BCUT2D eigenvalue weighted by Gasteiger charge is 2.22. The maximum Gasteiger partial charge on any atom is 0.385 e. The highest BCUT2D eigenvalue weighted by atomic mass is 17.2. The Morgan fingerprint density at radius 1 is 0.378 bits per heavy atom. The second-order valence-corrected chi connectivity index (χ2v) is 12.9. The number of hydrogen-bond acceptors (Lipinski definition) is 6. The number of rotatable bonds is 32. The molecule has 0 aliphatic carbocycles. The van der Waals surface area contributed by atoms with Gasteiger partial charge in [-0.25, -0.2) is 19.4 Å². The lowest BCUT2D eigenvalue weighted by molar-refractivity contribution is -0.256. The van der Waals surface area contributed by atoms with Crippen molar-refractivity contribution in [2.24, 2.45) is 0 Å². The first-order chi connectivity index (χ1) is 22.0. The second kappa shape index (κ2) is 33.5. The molecular formula is C39H72O6. The van der Waals surface area contributed by atoms with E-state index in [9.17, 15) is 14.4 Å². The summed E-state index contributed by atoms with van der Waals surface area (Å²) in [5.74, 6) is -1.21. The van der Waals surface area contributed by atoms with Crippen LogP contribution in [0.2, 0.25) is 0 Å². The van der Waals surface area contributed by atoms with E-state index >= 15 is 0 Å². The summed E-state index contributed by atoms with van der Waals surface area (Å²) < 4.78 is 5.72. The number of carbonyl (C=O) groups excluding carboxylic acids is 3. The first kappa shape index (κ1) is 43.1. The number of unbranched alkanes of at least 4 members (excludes halogenated alkanes) is 23. The van der Waals surface area contributed by atoms with Gasteiger partial charge in [0, 0.05) is 12.8 Å². The molecule has 0 radical (unpaired) electrons. The molecule has 0 aromatic rings. The lowest BCUT2D eigenvalue weighted by Gasteiger charge is -2.13.